The molecule has 606 valence electrons. The van der Waals surface area contributed by atoms with Crippen LogP contribution < -0.4 is 0 Å². The van der Waals surface area contributed by atoms with E-state index < -0.39 is 97.5 Å². The molecule has 0 heterocycles. The molecule has 102 heavy (non-hydrogen) atoms. The van der Waals surface area contributed by atoms with Gasteiger partial charge in [-0.3, -0.25) is 37.3 Å². The van der Waals surface area contributed by atoms with Crippen LogP contribution in [0.25, 0.3) is 0 Å². The van der Waals surface area contributed by atoms with Crippen LogP contribution in [0.3, 0.4) is 0 Å². The number of carbonyl (C=O) groups is 4. The van der Waals surface area contributed by atoms with Gasteiger partial charge in [-0.15, -0.1) is 0 Å². The van der Waals surface area contributed by atoms with Crippen molar-refractivity contribution < 1.29 is 80.2 Å². The average Bonchev–Trinajstić information content (AvgIpc) is 0.974. The van der Waals surface area contributed by atoms with Crippen molar-refractivity contribution in [3.05, 3.63) is 0 Å². The highest BCUT2D eigenvalue weighted by molar-refractivity contribution is 7.47. The molecule has 0 saturated heterocycles. The smallest absolute Gasteiger partial charge is 0.462 e. The summed E-state index contributed by atoms with van der Waals surface area (Å²) in [4.78, 5) is 73.0. The van der Waals surface area contributed by atoms with Gasteiger partial charge in [0.2, 0.25) is 0 Å². The molecule has 0 aliphatic carbocycles. The summed E-state index contributed by atoms with van der Waals surface area (Å²) < 4.78 is 68.7. The highest BCUT2D eigenvalue weighted by Gasteiger charge is 2.30. The average molecular weight is 1490 g/mol. The van der Waals surface area contributed by atoms with Gasteiger partial charge in [0.15, 0.2) is 12.2 Å². The van der Waals surface area contributed by atoms with E-state index in [2.05, 4.69) is 34.6 Å². The number of rotatable bonds is 83. The van der Waals surface area contributed by atoms with E-state index in [1.54, 1.807) is 0 Å². The zero-order valence-electron chi connectivity index (χ0n) is 66.8. The summed E-state index contributed by atoms with van der Waals surface area (Å²) in [6.07, 6.45) is 68.2. The lowest BCUT2D eigenvalue weighted by atomic mass is 10.00. The number of unbranched alkanes of at least 4 members (excludes halogenated alkanes) is 54. The van der Waals surface area contributed by atoms with Crippen molar-refractivity contribution in [1.82, 2.24) is 0 Å². The summed E-state index contributed by atoms with van der Waals surface area (Å²) in [5.74, 6) is -1.37. The van der Waals surface area contributed by atoms with Gasteiger partial charge in [0.25, 0.3) is 0 Å². The fraction of sp³-hybridized carbons (Fsp3) is 0.952. The number of hydrogen-bond acceptors (Lipinski definition) is 15. The van der Waals surface area contributed by atoms with Gasteiger partial charge in [0.05, 0.1) is 26.4 Å². The standard InChI is InChI=1S/C83H162O17P2/c1-6-10-13-16-19-22-25-28-30-32-34-36-38-40-42-45-47-50-56-61-66-80(85)93-72-78(99-83(88)69-64-59-52-49-46-43-41-39-37-35-33-31-29-26-23-20-17-14-11-7-2)74-97-101(89,90)95-70-77(84)71-96-102(91,92)98-75-79(73-94-81(86)67-62-57-54-53-55-60-65-76(5)9-4)100-82(87)68-63-58-51-48-44-27-24-21-18-15-12-8-3/h76-79,84H,6-75H2,1-5H3,(H,89,90)(H,91,92)/t76?,77-,78-,79-/m1/s1. The fourth-order valence-corrected chi connectivity index (χ4v) is 14.5. The first-order valence-corrected chi connectivity index (χ1v) is 46.2. The quantitative estimate of drug-likeness (QED) is 0.0222. The molecule has 0 aromatic rings. The summed E-state index contributed by atoms with van der Waals surface area (Å²) in [5.41, 5.74) is 0. The Bertz CT molecular complexity index is 1950. The van der Waals surface area contributed by atoms with Crippen molar-refractivity contribution >= 4 is 39.5 Å². The summed E-state index contributed by atoms with van der Waals surface area (Å²) in [6, 6.07) is 0. The molecule has 3 N–H and O–H groups in total. The molecule has 0 aromatic heterocycles. The monoisotopic (exact) mass is 1490 g/mol. The Labute approximate surface area is 626 Å². The first kappa shape index (κ1) is 100. The number of esters is 4. The van der Waals surface area contributed by atoms with Gasteiger partial charge in [0.1, 0.15) is 19.3 Å². The first-order valence-electron chi connectivity index (χ1n) is 43.2. The van der Waals surface area contributed by atoms with Crippen LogP contribution in [0.15, 0.2) is 0 Å². The second kappa shape index (κ2) is 75.9. The van der Waals surface area contributed by atoms with E-state index in [1.807, 2.05) is 0 Å². The first-order chi connectivity index (χ1) is 49.6. The van der Waals surface area contributed by atoms with Crippen molar-refractivity contribution in [2.45, 2.75) is 464 Å². The number of hydrogen-bond donors (Lipinski definition) is 3. The molecule has 17 nitrogen and oxygen atoms in total. The molecule has 0 rings (SSSR count). The number of aliphatic hydroxyl groups is 1. The molecular weight excluding hydrogens is 1330 g/mol. The van der Waals surface area contributed by atoms with Crippen LogP contribution in [-0.2, 0) is 65.4 Å². The predicted octanol–water partition coefficient (Wildman–Crippen LogP) is 25.2. The highest BCUT2D eigenvalue weighted by atomic mass is 31.2. The van der Waals surface area contributed by atoms with Gasteiger partial charge in [-0.1, -0.05) is 394 Å². The lowest BCUT2D eigenvalue weighted by Crippen LogP contribution is -2.30. The topological polar surface area (TPSA) is 237 Å². The highest BCUT2D eigenvalue weighted by Crippen LogP contribution is 2.45. The number of carbonyl (C=O) groups excluding carboxylic acids is 4. The van der Waals surface area contributed by atoms with Crippen molar-refractivity contribution in [1.29, 1.82) is 0 Å². The van der Waals surface area contributed by atoms with Gasteiger partial charge < -0.3 is 33.8 Å². The molecule has 0 bridgehead atoms. The normalized spacial score (nSPS) is 14.1. The second-order valence-corrected chi connectivity index (χ2v) is 33.0. The summed E-state index contributed by atoms with van der Waals surface area (Å²) in [6.45, 7) is 7.30. The maximum atomic E-state index is 13.1. The van der Waals surface area contributed by atoms with Gasteiger partial charge in [-0.25, -0.2) is 9.13 Å². The fourth-order valence-electron chi connectivity index (χ4n) is 12.9. The van der Waals surface area contributed by atoms with Crippen LogP contribution in [0.1, 0.15) is 446 Å². The minimum absolute atomic E-state index is 0.107. The van der Waals surface area contributed by atoms with Crippen LogP contribution in [0.2, 0.25) is 0 Å². The zero-order chi connectivity index (χ0) is 74.8. The Hall–Kier alpha value is -1.94. The molecule has 0 radical (unpaired) electrons. The van der Waals surface area contributed by atoms with E-state index in [0.717, 1.165) is 102 Å². The maximum absolute atomic E-state index is 13.1. The molecule has 0 spiro atoms. The molecule has 0 aromatic carbocycles. The van der Waals surface area contributed by atoms with E-state index >= 15 is 0 Å². The SMILES string of the molecule is CCCCCCCCCCCCCCCCCCCCCCC(=O)OC[C@H](COP(=O)(O)OC[C@@H](O)COP(=O)(O)OC[C@@H](COC(=O)CCCCCCCCC(C)CC)OC(=O)CCCCCCCCCCCCCC)OC(=O)CCCCCCCCCCCCCCCCCCCCCC. The number of phosphoric acid groups is 2. The van der Waals surface area contributed by atoms with E-state index in [0.29, 0.717) is 25.7 Å². The molecule has 0 aliphatic rings. The number of ether oxygens (including phenoxy) is 4. The van der Waals surface area contributed by atoms with Crippen LogP contribution in [0.4, 0.5) is 0 Å². The van der Waals surface area contributed by atoms with Crippen molar-refractivity contribution in [3.8, 4) is 0 Å². The van der Waals surface area contributed by atoms with Crippen molar-refractivity contribution in [2.24, 2.45) is 5.92 Å². The van der Waals surface area contributed by atoms with E-state index in [9.17, 15) is 43.2 Å². The van der Waals surface area contributed by atoms with Gasteiger partial charge in [-0.05, 0) is 31.6 Å². The van der Waals surface area contributed by atoms with E-state index in [4.69, 9.17) is 37.0 Å². The summed E-state index contributed by atoms with van der Waals surface area (Å²) in [5, 5.41) is 10.6. The molecule has 3 unspecified atom stereocenters. The lowest BCUT2D eigenvalue weighted by Gasteiger charge is -2.21. The Morgan fingerprint density at radius 1 is 0.275 bits per heavy atom. The minimum atomic E-state index is -4.96. The number of aliphatic hydroxyl groups excluding tert-OH is 1. The van der Waals surface area contributed by atoms with Gasteiger partial charge >= 0.3 is 39.5 Å². The van der Waals surface area contributed by atoms with Crippen LogP contribution in [0.5, 0.6) is 0 Å². The largest absolute Gasteiger partial charge is 0.472 e. The number of phosphoric ester groups is 2. The molecule has 19 heteroatoms. The third kappa shape index (κ3) is 74.9. The molecule has 6 atom stereocenters. The Morgan fingerprint density at radius 2 is 0.471 bits per heavy atom. The molecule has 0 amide bonds. The Kier molecular flexibility index (Phi) is 74.4. The van der Waals surface area contributed by atoms with Crippen LogP contribution in [0, 0.1) is 5.92 Å². The van der Waals surface area contributed by atoms with Crippen LogP contribution in [-0.4, -0.2) is 96.7 Å². The third-order valence-corrected chi connectivity index (χ3v) is 21.8. The third-order valence-electron chi connectivity index (χ3n) is 19.9. The second-order valence-electron chi connectivity index (χ2n) is 30.1. The van der Waals surface area contributed by atoms with Gasteiger partial charge in [-0.2, -0.15) is 0 Å². The predicted molar refractivity (Wildman–Crippen MR) is 418 cm³/mol. The minimum Gasteiger partial charge on any atom is -0.462 e. The summed E-state index contributed by atoms with van der Waals surface area (Å²) in [7, 11) is -9.92. The lowest BCUT2D eigenvalue weighted by molar-refractivity contribution is -0.161. The zero-order valence-corrected chi connectivity index (χ0v) is 68.5. The molecule has 0 saturated carbocycles. The Morgan fingerprint density at radius 3 is 0.696 bits per heavy atom. The van der Waals surface area contributed by atoms with Gasteiger partial charge in [0, 0.05) is 25.7 Å². The van der Waals surface area contributed by atoms with Crippen molar-refractivity contribution in [2.75, 3.05) is 39.6 Å². The van der Waals surface area contributed by atoms with Crippen LogP contribution >= 0.6 is 15.6 Å². The molecule has 0 fully saturated rings. The van der Waals surface area contributed by atoms with Crippen molar-refractivity contribution in [3.63, 3.8) is 0 Å². The Balaban J connectivity index is 5.21. The molecular formula is C83H162O17P2. The van der Waals surface area contributed by atoms with E-state index in [-0.39, 0.29) is 25.7 Å². The summed E-state index contributed by atoms with van der Waals surface area (Å²) >= 11 is 0. The van der Waals surface area contributed by atoms with E-state index in [1.165, 1.54) is 263 Å². The maximum Gasteiger partial charge on any atom is 0.472 e. The molecule has 0 aliphatic heterocycles.